The number of hydrogen-bond acceptors (Lipinski definition) is 1. The standard InChI is InChI=1S/C11H10ClFN2/c1-7-11(12)8(2)15(14-7)10-6-4-3-5-9(10)13/h3-6H,1-2H3. The van der Waals surface area contributed by atoms with Crippen molar-refractivity contribution in [3.05, 3.63) is 46.5 Å². The van der Waals surface area contributed by atoms with E-state index in [0.29, 0.717) is 16.4 Å². The quantitative estimate of drug-likeness (QED) is 0.727. The summed E-state index contributed by atoms with van der Waals surface area (Å²) in [4.78, 5) is 0. The lowest BCUT2D eigenvalue weighted by Crippen LogP contribution is -2.01. The molecular formula is C11H10ClFN2. The van der Waals surface area contributed by atoms with Crippen LogP contribution in [0.25, 0.3) is 5.69 Å². The van der Waals surface area contributed by atoms with E-state index in [9.17, 15) is 4.39 Å². The molecule has 2 nitrogen and oxygen atoms in total. The van der Waals surface area contributed by atoms with Crippen LogP contribution in [0, 0.1) is 19.7 Å². The molecule has 0 bridgehead atoms. The number of para-hydroxylation sites is 1. The van der Waals surface area contributed by atoms with Crippen molar-refractivity contribution >= 4 is 11.6 Å². The van der Waals surface area contributed by atoms with Gasteiger partial charge in [-0.1, -0.05) is 23.7 Å². The molecule has 0 aliphatic carbocycles. The first kappa shape index (κ1) is 10.2. The summed E-state index contributed by atoms with van der Waals surface area (Å²) in [6.45, 7) is 3.61. The second-order valence-corrected chi connectivity index (χ2v) is 3.73. The first-order valence-electron chi connectivity index (χ1n) is 4.58. The maximum absolute atomic E-state index is 13.5. The number of hydrogen-bond donors (Lipinski definition) is 0. The number of nitrogens with zero attached hydrogens (tertiary/aromatic N) is 2. The predicted molar refractivity (Wildman–Crippen MR) is 58.0 cm³/mol. The molecule has 0 amide bonds. The van der Waals surface area contributed by atoms with Crippen LogP contribution >= 0.6 is 11.6 Å². The highest BCUT2D eigenvalue weighted by atomic mass is 35.5. The van der Waals surface area contributed by atoms with Crippen molar-refractivity contribution in [1.29, 1.82) is 0 Å². The van der Waals surface area contributed by atoms with E-state index in [4.69, 9.17) is 11.6 Å². The number of rotatable bonds is 1. The Bertz CT molecular complexity index is 505. The third-order valence-electron chi connectivity index (χ3n) is 2.28. The molecule has 1 aromatic heterocycles. The van der Waals surface area contributed by atoms with Gasteiger partial charge in [0, 0.05) is 0 Å². The summed E-state index contributed by atoms with van der Waals surface area (Å²) in [6.07, 6.45) is 0. The fourth-order valence-corrected chi connectivity index (χ4v) is 1.60. The van der Waals surface area contributed by atoms with Crippen molar-refractivity contribution in [2.24, 2.45) is 0 Å². The smallest absolute Gasteiger partial charge is 0.148 e. The summed E-state index contributed by atoms with van der Waals surface area (Å²) in [5, 5.41) is 4.77. The van der Waals surface area contributed by atoms with E-state index >= 15 is 0 Å². The Labute approximate surface area is 92.3 Å². The molecule has 0 spiro atoms. The summed E-state index contributed by atoms with van der Waals surface area (Å²) >= 11 is 5.99. The summed E-state index contributed by atoms with van der Waals surface area (Å²) in [6, 6.07) is 6.49. The lowest BCUT2D eigenvalue weighted by molar-refractivity contribution is 0.608. The van der Waals surface area contributed by atoms with Crippen LogP contribution in [0.4, 0.5) is 4.39 Å². The molecule has 1 aromatic carbocycles. The van der Waals surface area contributed by atoms with Crippen LogP contribution in [0.3, 0.4) is 0 Å². The highest BCUT2D eigenvalue weighted by Crippen LogP contribution is 2.23. The Kier molecular flexibility index (Phi) is 2.49. The predicted octanol–water partition coefficient (Wildman–Crippen LogP) is 3.28. The maximum Gasteiger partial charge on any atom is 0.148 e. The van der Waals surface area contributed by atoms with Crippen LogP contribution in [0.5, 0.6) is 0 Å². The summed E-state index contributed by atoms with van der Waals surface area (Å²) in [7, 11) is 0. The van der Waals surface area contributed by atoms with Gasteiger partial charge in [-0.2, -0.15) is 5.10 Å². The van der Waals surface area contributed by atoms with Crippen molar-refractivity contribution in [2.75, 3.05) is 0 Å². The lowest BCUT2D eigenvalue weighted by Gasteiger charge is -2.04. The number of aryl methyl sites for hydroxylation is 1. The fourth-order valence-electron chi connectivity index (χ4n) is 1.48. The van der Waals surface area contributed by atoms with Gasteiger partial charge in [-0.15, -0.1) is 0 Å². The Morgan fingerprint density at radius 1 is 1.27 bits per heavy atom. The molecule has 4 heteroatoms. The summed E-state index contributed by atoms with van der Waals surface area (Å²) < 4.78 is 15.0. The zero-order valence-corrected chi connectivity index (χ0v) is 9.22. The molecule has 1 heterocycles. The monoisotopic (exact) mass is 224 g/mol. The first-order valence-corrected chi connectivity index (χ1v) is 4.95. The Balaban J connectivity index is 2.65. The Morgan fingerprint density at radius 2 is 1.93 bits per heavy atom. The van der Waals surface area contributed by atoms with Crippen molar-refractivity contribution in [3.8, 4) is 5.69 Å². The van der Waals surface area contributed by atoms with E-state index < -0.39 is 0 Å². The minimum atomic E-state index is -0.306. The molecule has 0 saturated carbocycles. The van der Waals surface area contributed by atoms with E-state index in [0.717, 1.165) is 5.69 Å². The second kappa shape index (κ2) is 3.66. The Morgan fingerprint density at radius 3 is 2.47 bits per heavy atom. The minimum absolute atomic E-state index is 0.306. The molecule has 0 atom stereocenters. The van der Waals surface area contributed by atoms with Gasteiger partial charge in [0.25, 0.3) is 0 Å². The van der Waals surface area contributed by atoms with Crippen LogP contribution in [-0.4, -0.2) is 9.78 Å². The normalized spacial score (nSPS) is 10.7. The van der Waals surface area contributed by atoms with Gasteiger partial charge in [-0.25, -0.2) is 9.07 Å². The molecule has 2 aromatic rings. The molecule has 0 N–H and O–H groups in total. The van der Waals surface area contributed by atoms with Gasteiger partial charge in [0.1, 0.15) is 11.5 Å². The highest BCUT2D eigenvalue weighted by molar-refractivity contribution is 6.31. The average Bonchev–Trinajstić information content (AvgIpc) is 2.47. The van der Waals surface area contributed by atoms with Crippen molar-refractivity contribution in [2.45, 2.75) is 13.8 Å². The minimum Gasteiger partial charge on any atom is -0.233 e. The van der Waals surface area contributed by atoms with Gasteiger partial charge in [0.15, 0.2) is 0 Å². The molecule has 15 heavy (non-hydrogen) atoms. The average molecular weight is 225 g/mol. The van der Waals surface area contributed by atoms with Gasteiger partial charge in [0.05, 0.1) is 16.4 Å². The zero-order chi connectivity index (χ0) is 11.0. The Hall–Kier alpha value is -1.35. The van der Waals surface area contributed by atoms with Crippen LogP contribution in [0.1, 0.15) is 11.4 Å². The van der Waals surface area contributed by atoms with E-state index in [1.165, 1.54) is 10.7 Å². The number of benzene rings is 1. The van der Waals surface area contributed by atoms with Crippen LogP contribution < -0.4 is 0 Å². The highest BCUT2D eigenvalue weighted by Gasteiger charge is 2.12. The van der Waals surface area contributed by atoms with Gasteiger partial charge in [-0.3, -0.25) is 0 Å². The van der Waals surface area contributed by atoms with Crippen LogP contribution in [0.2, 0.25) is 5.02 Å². The molecule has 0 fully saturated rings. The molecule has 0 aliphatic rings. The summed E-state index contributed by atoms with van der Waals surface area (Å²) in [5.74, 6) is -0.306. The third-order valence-corrected chi connectivity index (χ3v) is 2.83. The lowest BCUT2D eigenvalue weighted by atomic mass is 10.3. The van der Waals surface area contributed by atoms with E-state index in [1.54, 1.807) is 25.1 Å². The SMILES string of the molecule is Cc1nn(-c2ccccc2F)c(C)c1Cl. The molecule has 0 unspecified atom stereocenters. The summed E-state index contributed by atoms with van der Waals surface area (Å²) in [5.41, 5.74) is 1.88. The topological polar surface area (TPSA) is 17.8 Å². The molecule has 2 rings (SSSR count). The van der Waals surface area contributed by atoms with Gasteiger partial charge in [-0.05, 0) is 26.0 Å². The number of halogens is 2. The second-order valence-electron chi connectivity index (χ2n) is 3.35. The fraction of sp³-hybridized carbons (Fsp3) is 0.182. The zero-order valence-electron chi connectivity index (χ0n) is 8.46. The number of aromatic nitrogens is 2. The van der Waals surface area contributed by atoms with Crippen molar-refractivity contribution < 1.29 is 4.39 Å². The van der Waals surface area contributed by atoms with E-state index in [-0.39, 0.29) is 5.82 Å². The molecule has 0 radical (unpaired) electrons. The van der Waals surface area contributed by atoms with Crippen LogP contribution in [0.15, 0.2) is 24.3 Å². The third kappa shape index (κ3) is 1.63. The first-order chi connectivity index (χ1) is 7.11. The van der Waals surface area contributed by atoms with Gasteiger partial charge >= 0.3 is 0 Å². The van der Waals surface area contributed by atoms with Crippen molar-refractivity contribution in [1.82, 2.24) is 9.78 Å². The largest absolute Gasteiger partial charge is 0.233 e. The molecule has 0 saturated heterocycles. The molecule has 0 aliphatic heterocycles. The van der Waals surface area contributed by atoms with E-state index in [1.807, 2.05) is 6.92 Å². The maximum atomic E-state index is 13.5. The van der Waals surface area contributed by atoms with Gasteiger partial charge < -0.3 is 0 Å². The van der Waals surface area contributed by atoms with E-state index in [2.05, 4.69) is 5.10 Å². The van der Waals surface area contributed by atoms with Gasteiger partial charge in [0.2, 0.25) is 0 Å². The van der Waals surface area contributed by atoms with Crippen molar-refractivity contribution in [3.63, 3.8) is 0 Å². The molecular weight excluding hydrogens is 215 g/mol. The van der Waals surface area contributed by atoms with Crippen LogP contribution in [-0.2, 0) is 0 Å². The molecule has 78 valence electrons.